The zero-order chi connectivity index (χ0) is 27.7. The van der Waals surface area contributed by atoms with E-state index in [2.05, 4.69) is 10.6 Å². The van der Waals surface area contributed by atoms with E-state index < -0.39 is 40.7 Å². The molecule has 38 heavy (non-hydrogen) atoms. The number of carbonyl (C=O) groups is 1. The van der Waals surface area contributed by atoms with Crippen LogP contribution < -0.4 is 20.4 Å². The summed E-state index contributed by atoms with van der Waals surface area (Å²) >= 11 is 23.6. The first-order valence-corrected chi connectivity index (χ1v) is 12.4. The number of hydrogen-bond acceptors (Lipinski definition) is 4. The average Bonchev–Trinajstić information content (AvgIpc) is 2.88. The van der Waals surface area contributed by atoms with Gasteiger partial charge in [-0.3, -0.25) is 10.1 Å². The number of rotatable bonds is 4. The van der Waals surface area contributed by atoms with Gasteiger partial charge in [-0.2, -0.15) is 0 Å². The fourth-order valence-electron chi connectivity index (χ4n) is 3.89. The number of nitrogens with zero attached hydrogens (tertiary/aromatic N) is 2. The highest BCUT2D eigenvalue weighted by molar-refractivity contribution is 7.80. The molecule has 0 radical (unpaired) electrons. The molecule has 1 amide bonds. The smallest absolute Gasteiger partial charge is 0.258 e. The molecule has 0 atom stereocenters. The molecule has 0 saturated carbocycles. The van der Waals surface area contributed by atoms with Gasteiger partial charge in [0.05, 0.1) is 26.3 Å². The molecule has 0 bridgehead atoms. The predicted molar refractivity (Wildman–Crippen MR) is 142 cm³/mol. The number of thiocarbonyl (C=S) groups is 1. The van der Waals surface area contributed by atoms with Crippen LogP contribution in [0.15, 0.2) is 36.4 Å². The first-order chi connectivity index (χ1) is 18.0. The highest BCUT2D eigenvalue weighted by Gasteiger charge is 2.31. The van der Waals surface area contributed by atoms with Crippen LogP contribution in [0.1, 0.15) is 10.4 Å². The lowest BCUT2D eigenvalue weighted by molar-refractivity contribution is 0.0978. The van der Waals surface area contributed by atoms with Crippen molar-refractivity contribution < 1.29 is 26.7 Å². The third-order valence-corrected chi connectivity index (χ3v) is 7.08. The number of carbonyl (C=O) groups excluding carboxylic acids is 1. The molecule has 1 heterocycles. The second-order valence-corrected chi connectivity index (χ2v) is 9.67. The molecule has 1 aliphatic heterocycles. The Morgan fingerprint density at radius 3 is 1.97 bits per heavy atom. The van der Waals surface area contributed by atoms with Crippen LogP contribution in [0, 0.1) is 29.1 Å². The highest BCUT2D eigenvalue weighted by atomic mass is 35.5. The van der Waals surface area contributed by atoms with Gasteiger partial charge >= 0.3 is 0 Å². The van der Waals surface area contributed by atoms with Crippen molar-refractivity contribution in [3.05, 3.63) is 86.1 Å². The molecule has 4 rings (SSSR count). The molecule has 1 aliphatic rings. The van der Waals surface area contributed by atoms with Crippen LogP contribution in [0.2, 0.25) is 15.1 Å². The Morgan fingerprint density at radius 1 is 0.789 bits per heavy atom. The Labute approximate surface area is 234 Å². The van der Waals surface area contributed by atoms with Gasteiger partial charge in [-0.1, -0.05) is 40.9 Å². The molecule has 5 nitrogen and oxygen atoms in total. The number of anilines is 3. The van der Waals surface area contributed by atoms with E-state index in [4.69, 9.17) is 47.0 Å². The van der Waals surface area contributed by atoms with E-state index in [1.54, 1.807) is 35.2 Å². The fraction of sp³-hybridized carbons (Fsp3) is 0.167. The van der Waals surface area contributed by atoms with E-state index >= 15 is 0 Å². The molecule has 0 aromatic heterocycles. The van der Waals surface area contributed by atoms with Crippen LogP contribution in [0.25, 0.3) is 0 Å². The topological polar surface area (TPSA) is 47.6 Å². The largest absolute Gasteiger partial charge is 0.367 e. The summed E-state index contributed by atoms with van der Waals surface area (Å²) in [6.07, 6.45) is 0. The van der Waals surface area contributed by atoms with Crippen LogP contribution in [0.4, 0.5) is 39.0 Å². The summed E-state index contributed by atoms with van der Waals surface area (Å²) in [6.45, 7) is 0.357. The Hall–Kier alpha value is -2.86. The number of nitrogens with one attached hydrogen (secondary N) is 2. The van der Waals surface area contributed by atoms with E-state index in [1.807, 2.05) is 0 Å². The Kier molecular flexibility index (Phi) is 8.51. The molecule has 1 saturated heterocycles. The van der Waals surface area contributed by atoms with Gasteiger partial charge in [-0.15, -0.1) is 0 Å². The van der Waals surface area contributed by atoms with Gasteiger partial charge in [0.15, 0.2) is 28.4 Å². The van der Waals surface area contributed by atoms with Crippen LogP contribution in [0.5, 0.6) is 0 Å². The lowest BCUT2D eigenvalue weighted by Crippen LogP contribution is -2.47. The van der Waals surface area contributed by atoms with E-state index in [0.29, 0.717) is 16.4 Å². The molecule has 0 unspecified atom stereocenters. The SMILES string of the molecule is O=C(NC(=S)Nc1ccc(N2CCN(c3c(F)c(F)c(F)c(F)c3F)CC2)c(Cl)c1)c1cccc(Cl)c1Cl. The highest BCUT2D eigenvalue weighted by Crippen LogP contribution is 2.34. The minimum absolute atomic E-state index is 0.0170. The Balaban J connectivity index is 1.40. The second kappa shape index (κ2) is 11.5. The van der Waals surface area contributed by atoms with Gasteiger partial charge in [0.1, 0.15) is 5.69 Å². The maximum Gasteiger partial charge on any atom is 0.258 e. The van der Waals surface area contributed by atoms with Crippen molar-refractivity contribution in [1.29, 1.82) is 0 Å². The van der Waals surface area contributed by atoms with Crippen molar-refractivity contribution in [1.82, 2.24) is 5.32 Å². The number of piperazine rings is 1. The second-order valence-electron chi connectivity index (χ2n) is 8.07. The third-order valence-electron chi connectivity index (χ3n) is 5.75. The summed E-state index contributed by atoms with van der Waals surface area (Å²) in [7, 11) is 0. The minimum Gasteiger partial charge on any atom is -0.367 e. The van der Waals surface area contributed by atoms with Crippen molar-refractivity contribution in [2.24, 2.45) is 0 Å². The maximum atomic E-state index is 14.2. The van der Waals surface area contributed by atoms with Crippen LogP contribution >= 0.6 is 47.0 Å². The zero-order valence-corrected chi connectivity index (χ0v) is 22.1. The fourth-order valence-corrected chi connectivity index (χ4v) is 4.79. The van der Waals surface area contributed by atoms with Crippen molar-refractivity contribution in [2.75, 3.05) is 41.3 Å². The molecule has 1 fully saturated rings. The number of halogens is 8. The molecule has 3 aromatic carbocycles. The first-order valence-electron chi connectivity index (χ1n) is 10.9. The number of hydrogen-bond donors (Lipinski definition) is 2. The lowest BCUT2D eigenvalue weighted by atomic mass is 10.2. The van der Waals surface area contributed by atoms with Crippen molar-refractivity contribution in [2.45, 2.75) is 0 Å². The van der Waals surface area contributed by atoms with Gasteiger partial charge < -0.3 is 15.1 Å². The molecule has 14 heteroatoms. The van der Waals surface area contributed by atoms with E-state index in [0.717, 1.165) is 4.90 Å². The van der Waals surface area contributed by atoms with Gasteiger partial charge in [-0.05, 0) is 42.5 Å². The summed E-state index contributed by atoms with van der Waals surface area (Å²) in [5.41, 5.74) is 0.222. The monoisotopic (exact) mass is 608 g/mol. The quantitative estimate of drug-likeness (QED) is 0.148. The molecular formula is C24H16Cl3F5N4OS. The summed E-state index contributed by atoms with van der Waals surface area (Å²) in [5.74, 6) is -10.5. The first kappa shape index (κ1) is 28.2. The number of amides is 1. The molecule has 200 valence electrons. The normalized spacial score (nSPS) is 13.5. The summed E-state index contributed by atoms with van der Waals surface area (Å²) < 4.78 is 68.9. The van der Waals surface area contributed by atoms with Gasteiger partial charge in [0, 0.05) is 31.9 Å². The lowest BCUT2D eigenvalue weighted by Gasteiger charge is -2.38. The molecule has 0 spiro atoms. The van der Waals surface area contributed by atoms with Gasteiger partial charge in [0.2, 0.25) is 5.82 Å². The summed E-state index contributed by atoms with van der Waals surface area (Å²) in [4.78, 5) is 15.3. The van der Waals surface area contributed by atoms with Gasteiger partial charge in [-0.25, -0.2) is 22.0 Å². The number of benzene rings is 3. The Morgan fingerprint density at radius 2 is 1.37 bits per heavy atom. The van der Waals surface area contributed by atoms with Crippen molar-refractivity contribution in [3.63, 3.8) is 0 Å². The molecule has 2 N–H and O–H groups in total. The summed E-state index contributed by atoms with van der Waals surface area (Å²) in [6, 6.07) is 9.46. The van der Waals surface area contributed by atoms with E-state index in [9.17, 15) is 26.7 Å². The average molecular weight is 610 g/mol. The molecule has 0 aliphatic carbocycles. The Bertz CT molecular complexity index is 1410. The minimum atomic E-state index is -2.20. The predicted octanol–water partition coefficient (Wildman–Crippen LogP) is 6.80. The van der Waals surface area contributed by atoms with Gasteiger partial charge in [0.25, 0.3) is 5.91 Å². The van der Waals surface area contributed by atoms with Crippen LogP contribution in [0.3, 0.4) is 0 Å². The van der Waals surface area contributed by atoms with Crippen molar-refractivity contribution >= 4 is 75.1 Å². The molecular weight excluding hydrogens is 594 g/mol. The van der Waals surface area contributed by atoms with Crippen LogP contribution in [-0.4, -0.2) is 37.2 Å². The summed E-state index contributed by atoms with van der Waals surface area (Å²) in [5, 5.41) is 5.90. The van der Waals surface area contributed by atoms with E-state index in [1.165, 1.54) is 6.07 Å². The standard InChI is InChI=1S/C24H16Cl3F5N4OS/c25-13-3-1-2-12(16(13)27)23(37)34-24(38)33-11-4-5-15(14(26)10-11)35-6-8-36(9-7-35)22-20(31)18(29)17(28)19(30)21(22)32/h1-5,10H,6-9H2,(H2,33,34,37,38). The molecule has 3 aromatic rings. The van der Waals surface area contributed by atoms with E-state index in [-0.39, 0.29) is 46.9 Å². The maximum absolute atomic E-state index is 14.2. The van der Waals surface area contributed by atoms with Crippen LogP contribution in [-0.2, 0) is 0 Å². The third kappa shape index (κ3) is 5.61. The van der Waals surface area contributed by atoms with Crippen molar-refractivity contribution in [3.8, 4) is 0 Å². The zero-order valence-electron chi connectivity index (χ0n) is 19.0.